The predicted octanol–water partition coefficient (Wildman–Crippen LogP) is 5.20. The molecule has 15 heavy (non-hydrogen) atoms. The molecule has 0 aromatic rings. The molecular weight excluding hydrogens is 180 g/mol. The lowest BCUT2D eigenvalue weighted by molar-refractivity contribution is 0.967. The molecule has 0 saturated carbocycles. The van der Waals surface area contributed by atoms with Crippen molar-refractivity contribution in [3.05, 3.63) is 47.1 Å². The van der Waals surface area contributed by atoms with Crippen LogP contribution >= 0.6 is 0 Å². The third-order valence-electron chi connectivity index (χ3n) is 2.29. The van der Waals surface area contributed by atoms with E-state index in [9.17, 15) is 0 Å². The average Bonchev–Trinajstić information content (AvgIpc) is 2.17. The van der Waals surface area contributed by atoms with E-state index in [1.165, 1.54) is 23.1 Å². The molecule has 0 aromatic carbocycles. The van der Waals surface area contributed by atoms with Gasteiger partial charge in [-0.15, -0.1) is 0 Å². The van der Waals surface area contributed by atoms with Gasteiger partial charge in [0.05, 0.1) is 0 Å². The van der Waals surface area contributed by atoms with E-state index in [4.69, 9.17) is 0 Å². The molecule has 0 aliphatic rings. The highest BCUT2D eigenvalue weighted by molar-refractivity contribution is 5.21. The topological polar surface area (TPSA) is 0 Å². The van der Waals surface area contributed by atoms with Crippen molar-refractivity contribution in [3.63, 3.8) is 0 Å². The first-order valence-corrected chi connectivity index (χ1v) is 5.66. The Balaban J connectivity index is 4.00. The Bertz CT molecular complexity index is 281. The fraction of sp³-hybridized carbons (Fsp3) is 0.467. The molecule has 0 spiro atoms. The van der Waals surface area contributed by atoms with Crippen molar-refractivity contribution in [2.45, 2.75) is 47.5 Å². The van der Waals surface area contributed by atoms with E-state index in [-0.39, 0.29) is 0 Å². The van der Waals surface area contributed by atoms with Crippen LogP contribution in [0.5, 0.6) is 0 Å². The summed E-state index contributed by atoms with van der Waals surface area (Å²) < 4.78 is 0. The number of rotatable bonds is 5. The standard InChI is InChI=1S/C15H24/c1-6-14(4)10-8-12-15(5)11-7-9-13(2)3/h6-7,9,11-12H,8,10H2,1-5H3. The van der Waals surface area contributed by atoms with E-state index in [0.717, 1.165) is 6.42 Å². The molecule has 0 nitrogen and oxygen atoms in total. The van der Waals surface area contributed by atoms with Gasteiger partial charge in [0.1, 0.15) is 0 Å². The Hall–Kier alpha value is -1.04. The Labute approximate surface area is 95.1 Å². The van der Waals surface area contributed by atoms with Crippen molar-refractivity contribution >= 4 is 0 Å². The van der Waals surface area contributed by atoms with Crippen molar-refractivity contribution < 1.29 is 0 Å². The van der Waals surface area contributed by atoms with E-state index < -0.39 is 0 Å². The molecule has 0 atom stereocenters. The van der Waals surface area contributed by atoms with Gasteiger partial charge in [-0.2, -0.15) is 0 Å². The Morgan fingerprint density at radius 1 is 1.07 bits per heavy atom. The summed E-state index contributed by atoms with van der Waals surface area (Å²) >= 11 is 0. The lowest BCUT2D eigenvalue weighted by atomic mass is 10.1. The van der Waals surface area contributed by atoms with Crippen LogP contribution in [0.1, 0.15) is 47.5 Å². The highest BCUT2D eigenvalue weighted by atomic mass is 13.9. The Morgan fingerprint density at radius 3 is 2.27 bits per heavy atom. The summed E-state index contributed by atoms with van der Waals surface area (Å²) in [6.07, 6.45) is 13.2. The van der Waals surface area contributed by atoms with Crippen molar-refractivity contribution in [2.75, 3.05) is 0 Å². The normalized spacial score (nSPS) is 13.4. The Kier molecular flexibility index (Phi) is 7.71. The van der Waals surface area contributed by atoms with Gasteiger partial charge in [0.15, 0.2) is 0 Å². The van der Waals surface area contributed by atoms with Crippen LogP contribution in [0.2, 0.25) is 0 Å². The molecule has 0 N–H and O–H groups in total. The third kappa shape index (κ3) is 9.27. The number of hydrogen-bond donors (Lipinski definition) is 0. The van der Waals surface area contributed by atoms with Crippen LogP contribution in [0.25, 0.3) is 0 Å². The van der Waals surface area contributed by atoms with Gasteiger partial charge in [-0.05, 0) is 47.5 Å². The fourth-order valence-electron chi connectivity index (χ4n) is 1.13. The molecule has 0 aliphatic carbocycles. The first-order valence-electron chi connectivity index (χ1n) is 5.66. The van der Waals surface area contributed by atoms with Crippen LogP contribution in [0, 0.1) is 0 Å². The molecule has 0 unspecified atom stereocenters. The van der Waals surface area contributed by atoms with Crippen molar-refractivity contribution in [1.82, 2.24) is 0 Å². The summed E-state index contributed by atoms with van der Waals surface area (Å²) in [6, 6.07) is 0. The number of hydrogen-bond acceptors (Lipinski definition) is 0. The molecule has 0 radical (unpaired) electrons. The quantitative estimate of drug-likeness (QED) is 0.426. The minimum atomic E-state index is 1.14. The summed E-state index contributed by atoms with van der Waals surface area (Å²) in [5.41, 5.74) is 4.15. The lowest BCUT2D eigenvalue weighted by Crippen LogP contribution is -1.76. The lowest BCUT2D eigenvalue weighted by Gasteiger charge is -1.96. The second-order valence-corrected chi connectivity index (χ2v) is 4.22. The summed E-state index contributed by atoms with van der Waals surface area (Å²) in [5, 5.41) is 0. The molecule has 0 heteroatoms. The van der Waals surface area contributed by atoms with Crippen LogP contribution < -0.4 is 0 Å². The second-order valence-electron chi connectivity index (χ2n) is 4.22. The summed E-state index contributed by atoms with van der Waals surface area (Å²) in [4.78, 5) is 0. The second kappa shape index (κ2) is 8.28. The third-order valence-corrected chi connectivity index (χ3v) is 2.29. The van der Waals surface area contributed by atoms with Crippen LogP contribution in [-0.2, 0) is 0 Å². The van der Waals surface area contributed by atoms with E-state index in [2.05, 4.69) is 65.0 Å². The first kappa shape index (κ1) is 14.0. The van der Waals surface area contributed by atoms with Gasteiger partial charge in [-0.1, -0.05) is 47.1 Å². The van der Waals surface area contributed by atoms with Gasteiger partial charge in [0.2, 0.25) is 0 Å². The molecule has 0 aromatic heterocycles. The largest absolute Gasteiger partial charge is 0.0887 e. The molecule has 0 rings (SSSR count). The van der Waals surface area contributed by atoms with Gasteiger partial charge in [0, 0.05) is 0 Å². The van der Waals surface area contributed by atoms with Crippen LogP contribution in [0.4, 0.5) is 0 Å². The summed E-state index contributed by atoms with van der Waals surface area (Å²) in [6.45, 7) is 10.7. The first-order chi connectivity index (χ1) is 7.06. The zero-order valence-corrected chi connectivity index (χ0v) is 10.8. The average molecular weight is 204 g/mol. The minimum absolute atomic E-state index is 1.14. The maximum absolute atomic E-state index is 2.29. The highest BCUT2D eigenvalue weighted by Crippen LogP contribution is 2.07. The van der Waals surface area contributed by atoms with Crippen molar-refractivity contribution in [3.8, 4) is 0 Å². The van der Waals surface area contributed by atoms with Crippen LogP contribution in [0.3, 0.4) is 0 Å². The van der Waals surface area contributed by atoms with Crippen molar-refractivity contribution in [1.29, 1.82) is 0 Å². The smallest absolute Gasteiger partial charge is 0.0288 e. The van der Waals surface area contributed by atoms with E-state index in [0.29, 0.717) is 0 Å². The van der Waals surface area contributed by atoms with E-state index in [1.54, 1.807) is 0 Å². The van der Waals surface area contributed by atoms with Crippen molar-refractivity contribution in [2.24, 2.45) is 0 Å². The zero-order chi connectivity index (χ0) is 11.7. The predicted molar refractivity (Wildman–Crippen MR) is 71.0 cm³/mol. The van der Waals surface area contributed by atoms with Gasteiger partial charge in [0.25, 0.3) is 0 Å². The van der Waals surface area contributed by atoms with Gasteiger partial charge < -0.3 is 0 Å². The Morgan fingerprint density at radius 2 is 1.73 bits per heavy atom. The molecule has 0 fully saturated rings. The monoisotopic (exact) mass is 204 g/mol. The van der Waals surface area contributed by atoms with Gasteiger partial charge in [-0.3, -0.25) is 0 Å². The maximum Gasteiger partial charge on any atom is -0.0288 e. The van der Waals surface area contributed by atoms with E-state index >= 15 is 0 Å². The van der Waals surface area contributed by atoms with Crippen LogP contribution in [0.15, 0.2) is 47.1 Å². The molecule has 0 amide bonds. The summed E-state index contributed by atoms with van der Waals surface area (Å²) in [5.74, 6) is 0. The molecule has 0 bridgehead atoms. The fourth-order valence-corrected chi connectivity index (χ4v) is 1.13. The molecular formula is C15H24. The maximum atomic E-state index is 2.29. The highest BCUT2D eigenvalue weighted by Gasteiger charge is 1.86. The number of allylic oxidation sites excluding steroid dienone is 8. The zero-order valence-electron chi connectivity index (χ0n) is 10.8. The molecule has 0 heterocycles. The summed E-state index contributed by atoms with van der Waals surface area (Å²) in [7, 11) is 0. The molecule has 0 aliphatic heterocycles. The SMILES string of the molecule is CC=C(C)CCC=C(C)C=CC=C(C)C. The minimum Gasteiger partial charge on any atom is -0.0887 e. The van der Waals surface area contributed by atoms with Gasteiger partial charge in [-0.25, -0.2) is 0 Å². The van der Waals surface area contributed by atoms with E-state index in [1.807, 2.05) is 0 Å². The van der Waals surface area contributed by atoms with Crippen LogP contribution in [-0.4, -0.2) is 0 Å². The molecule has 84 valence electrons. The van der Waals surface area contributed by atoms with Gasteiger partial charge >= 0.3 is 0 Å². The molecule has 0 saturated heterocycles.